The van der Waals surface area contributed by atoms with Gasteiger partial charge in [0.25, 0.3) is 11.5 Å². The minimum Gasteiger partial charge on any atom is -0.494 e. The number of para-hydroxylation sites is 2. The van der Waals surface area contributed by atoms with E-state index in [9.17, 15) is 9.59 Å². The second-order valence-corrected chi connectivity index (χ2v) is 12.2. The Morgan fingerprint density at radius 1 is 0.957 bits per heavy atom. The second-order valence-electron chi connectivity index (χ2n) is 11.2. The third kappa shape index (κ3) is 5.26. The highest BCUT2D eigenvalue weighted by Crippen LogP contribution is 2.34. The fourth-order valence-corrected chi connectivity index (χ4v) is 7.09. The summed E-state index contributed by atoms with van der Waals surface area (Å²) in [5, 5.41) is 4.05. The minimum absolute atomic E-state index is 0.207. The highest BCUT2D eigenvalue weighted by Gasteiger charge is 2.32. The van der Waals surface area contributed by atoms with Gasteiger partial charge < -0.3 is 15.0 Å². The van der Waals surface area contributed by atoms with Gasteiger partial charge in [-0.1, -0.05) is 90.2 Å². The van der Waals surface area contributed by atoms with Gasteiger partial charge >= 0.3 is 0 Å². The van der Waals surface area contributed by atoms with Gasteiger partial charge in [0.05, 0.1) is 34.1 Å². The molecule has 6 aromatic rings. The molecule has 0 saturated heterocycles. The SMILES string of the molecule is CCOc1ccc([C@H]2C(C(=O)Nc3ccccc3)=C(C)N=c3s/c(=C\c4c(-c5ccccc5)[nH]c5c(C)cccc45)c(=O)n32)cc1. The summed E-state index contributed by atoms with van der Waals surface area (Å²) in [5.41, 5.74) is 7.28. The van der Waals surface area contributed by atoms with Crippen LogP contribution in [0, 0.1) is 6.92 Å². The Hall–Kier alpha value is -5.47. The molecule has 1 atom stereocenters. The number of ether oxygens (including phenoxy) is 1. The number of hydrogen-bond acceptors (Lipinski definition) is 5. The molecule has 46 heavy (non-hydrogen) atoms. The summed E-state index contributed by atoms with van der Waals surface area (Å²) < 4.78 is 7.87. The number of H-pyrrole nitrogens is 1. The van der Waals surface area contributed by atoms with Crippen molar-refractivity contribution in [1.29, 1.82) is 0 Å². The van der Waals surface area contributed by atoms with Crippen molar-refractivity contribution < 1.29 is 9.53 Å². The van der Waals surface area contributed by atoms with Crippen LogP contribution < -0.4 is 24.9 Å². The Morgan fingerprint density at radius 2 is 1.67 bits per heavy atom. The first-order valence-electron chi connectivity index (χ1n) is 15.2. The molecule has 1 amide bonds. The minimum atomic E-state index is -0.684. The molecule has 0 fully saturated rings. The predicted molar refractivity (Wildman–Crippen MR) is 185 cm³/mol. The zero-order valence-electron chi connectivity index (χ0n) is 25.7. The van der Waals surface area contributed by atoms with Crippen molar-refractivity contribution >= 4 is 39.9 Å². The number of benzene rings is 4. The number of fused-ring (bicyclic) bond motifs is 2. The number of nitrogens with zero attached hydrogens (tertiary/aromatic N) is 2. The number of carbonyl (C=O) groups is 1. The summed E-state index contributed by atoms with van der Waals surface area (Å²) in [6.07, 6.45) is 1.96. The Labute approximate surface area is 269 Å². The van der Waals surface area contributed by atoms with E-state index in [2.05, 4.69) is 41.5 Å². The van der Waals surface area contributed by atoms with Gasteiger partial charge in [-0.2, -0.15) is 0 Å². The van der Waals surface area contributed by atoms with E-state index in [1.54, 1.807) is 4.57 Å². The van der Waals surface area contributed by atoms with Crippen LogP contribution in [0.3, 0.4) is 0 Å². The van der Waals surface area contributed by atoms with Gasteiger partial charge in [-0.05, 0) is 67.8 Å². The summed E-state index contributed by atoms with van der Waals surface area (Å²) in [6, 6.07) is 32.5. The first-order chi connectivity index (χ1) is 22.4. The fourth-order valence-electron chi connectivity index (χ4n) is 6.06. The van der Waals surface area contributed by atoms with Crippen LogP contribution in [0.15, 0.2) is 124 Å². The molecule has 1 aliphatic rings. The van der Waals surface area contributed by atoms with Gasteiger partial charge in [0, 0.05) is 22.2 Å². The number of amides is 1. The van der Waals surface area contributed by atoms with E-state index in [4.69, 9.17) is 9.73 Å². The quantitative estimate of drug-likeness (QED) is 0.207. The number of hydrogen-bond donors (Lipinski definition) is 2. The Kier molecular flexibility index (Phi) is 7.72. The number of carbonyl (C=O) groups excluding carboxylic acids is 1. The van der Waals surface area contributed by atoms with Gasteiger partial charge in [0.1, 0.15) is 5.75 Å². The standard InChI is InChI=1S/C38H32N4O3S/c1-4-45-28-20-18-26(19-21-28)35-32(36(43)40-27-15-9-6-10-16-27)24(3)39-38-42(35)37(44)31(46-38)22-30-29-17-11-12-23(2)33(29)41-34(30)25-13-7-5-8-14-25/h5-22,35,41H,4H2,1-3H3,(H,40,43)/b31-22-/t35-/m0/s1. The molecule has 2 N–H and O–H groups in total. The van der Waals surface area contributed by atoms with Crippen LogP contribution >= 0.6 is 11.3 Å². The lowest BCUT2D eigenvalue weighted by molar-refractivity contribution is -0.113. The van der Waals surface area contributed by atoms with Crippen LogP contribution in [0.4, 0.5) is 5.69 Å². The number of nitrogens with one attached hydrogen (secondary N) is 2. The molecule has 0 bridgehead atoms. The summed E-state index contributed by atoms with van der Waals surface area (Å²) in [6.45, 7) is 6.38. The van der Waals surface area contributed by atoms with Crippen molar-refractivity contribution in [2.24, 2.45) is 4.99 Å². The van der Waals surface area contributed by atoms with Crippen molar-refractivity contribution in [2.75, 3.05) is 11.9 Å². The van der Waals surface area contributed by atoms with Crippen molar-refractivity contribution in [2.45, 2.75) is 26.8 Å². The molecule has 3 heterocycles. The summed E-state index contributed by atoms with van der Waals surface area (Å²) >= 11 is 1.33. The Bertz CT molecular complexity index is 2300. The zero-order chi connectivity index (χ0) is 31.8. The molecule has 1 aliphatic heterocycles. The molecule has 228 valence electrons. The van der Waals surface area contributed by atoms with E-state index in [0.717, 1.165) is 44.6 Å². The molecular weight excluding hydrogens is 593 g/mol. The van der Waals surface area contributed by atoms with E-state index >= 15 is 0 Å². The maximum absolute atomic E-state index is 14.5. The van der Waals surface area contributed by atoms with E-state index in [-0.39, 0.29) is 11.5 Å². The van der Waals surface area contributed by atoms with E-state index in [0.29, 0.717) is 32.9 Å². The molecular formula is C38H32N4O3S. The van der Waals surface area contributed by atoms with Gasteiger partial charge in [0.2, 0.25) is 0 Å². The molecule has 7 nitrogen and oxygen atoms in total. The third-order valence-electron chi connectivity index (χ3n) is 8.23. The molecule has 7 rings (SSSR count). The van der Waals surface area contributed by atoms with Gasteiger partial charge in [-0.15, -0.1) is 0 Å². The molecule has 8 heteroatoms. The molecule has 0 spiro atoms. The van der Waals surface area contributed by atoms with Crippen LogP contribution in [0.5, 0.6) is 5.75 Å². The smallest absolute Gasteiger partial charge is 0.271 e. The number of allylic oxidation sites excluding steroid dienone is 1. The lowest BCUT2D eigenvalue weighted by Crippen LogP contribution is -2.40. The van der Waals surface area contributed by atoms with Crippen molar-refractivity contribution in [3.05, 3.63) is 151 Å². The molecule has 0 radical (unpaired) electrons. The zero-order valence-corrected chi connectivity index (χ0v) is 26.5. The lowest BCUT2D eigenvalue weighted by Gasteiger charge is -2.25. The van der Waals surface area contributed by atoms with Crippen LogP contribution in [0.2, 0.25) is 0 Å². The van der Waals surface area contributed by atoms with E-state index < -0.39 is 6.04 Å². The van der Waals surface area contributed by atoms with Gasteiger partial charge in [-0.25, -0.2) is 4.99 Å². The highest BCUT2D eigenvalue weighted by atomic mass is 32.1. The highest BCUT2D eigenvalue weighted by molar-refractivity contribution is 7.07. The topological polar surface area (TPSA) is 88.5 Å². The first kappa shape index (κ1) is 29.3. The van der Waals surface area contributed by atoms with Crippen LogP contribution in [-0.2, 0) is 4.79 Å². The normalized spacial score (nSPS) is 14.7. The molecule has 0 unspecified atom stereocenters. The van der Waals surface area contributed by atoms with Crippen LogP contribution in [-0.4, -0.2) is 22.1 Å². The monoisotopic (exact) mass is 624 g/mol. The molecule has 0 aliphatic carbocycles. The second kappa shape index (κ2) is 12.1. The average Bonchev–Trinajstić information content (AvgIpc) is 3.59. The summed E-state index contributed by atoms with van der Waals surface area (Å²) in [7, 11) is 0. The van der Waals surface area contributed by atoms with Gasteiger partial charge in [0.15, 0.2) is 4.80 Å². The Morgan fingerprint density at radius 3 is 2.39 bits per heavy atom. The third-order valence-corrected chi connectivity index (χ3v) is 9.21. The number of aryl methyl sites for hydroxylation is 1. The largest absolute Gasteiger partial charge is 0.494 e. The van der Waals surface area contributed by atoms with Crippen molar-refractivity contribution in [1.82, 2.24) is 9.55 Å². The van der Waals surface area contributed by atoms with Crippen LogP contribution in [0.25, 0.3) is 28.2 Å². The molecule has 4 aromatic carbocycles. The molecule has 2 aromatic heterocycles. The Balaban J connectivity index is 1.42. The number of thiazole rings is 1. The molecule has 0 saturated carbocycles. The van der Waals surface area contributed by atoms with E-state index in [1.165, 1.54) is 11.3 Å². The summed E-state index contributed by atoms with van der Waals surface area (Å²) in [5.74, 6) is 0.414. The fraction of sp³-hybridized carbons (Fsp3) is 0.132. The summed E-state index contributed by atoms with van der Waals surface area (Å²) in [4.78, 5) is 37.4. The van der Waals surface area contributed by atoms with Crippen LogP contribution in [0.1, 0.15) is 36.6 Å². The maximum atomic E-state index is 14.5. The van der Waals surface area contributed by atoms with Crippen molar-refractivity contribution in [3.8, 4) is 17.0 Å². The maximum Gasteiger partial charge on any atom is 0.271 e. The van der Waals surface area contributed by atoms with Gasteiger partial charge in [-0.3, -0.25) is 14.2 Å². The first-order valence-corrected chi connectivity index (χ1v) is 16.0. The van der Waals surface area contributed by atoms with E-state index in [1.807, 2.05) is 98.8 Å². The lowest BCUT2D eigenvalue weighted by atomic mass is 9.95. The predicted octanol–water partition coefficient (Wildman–Crippen LogP) is 6.73. The number of rotatable bonds is 7. The number of aromatic amines is 1. The number of anilines is 1. The van der Waals surface area contributed by atoms with Crippen molar-refractivity contribution in [3.63, 3.8) is 0 Å². The number of aromatic nitrogens is 2. The average molecular weight is 625 g/mol.